The maximum atomic E-state index is 13.9. The first-order valence-corrected chi connectivity index (χ1v) is 13.1. The third-order valence-electron chi connectivity index (χ3n) is 5.63. The highest BCUT2D eigenvalue weighted by molar-refractivity contribution is 7.99. The van der Waals surface area contributed by atoms with E-state index in [1.807, 2.05) is 0 Å². The van der Waals surface area contributed by atoms with Crippen molar-refractivity contribution in [2.24, 2.45) is 0 Å². The third-order valence-corrected chi connectivity index (χ3v) is 6.95. The van der Waals surface area contributed by atoms with Gasteiger partial charge in [-0.2, -0.15) is 0 Å². The van der Waals surface area contributed by atoms with Crippen LogP contribution in [0.2, 0.25) is 5.02 Å². The molecule has 1 aliphatic rings. The fraction of sp³-hybridized carbons (Fsp3) is 0.360. The molecule has 212 valence electrons. The molecule has 1 fully saturated rings. The van der Waals surface area contributed by atoms with Crippen LogP contribution in [-0.2, 0) is 33.3 Å². The molecule has 11 nitrogen and oxygen atoms in total. The average molecular weight is 597 g/mol. The van der Waals surface area contributed by atoms with Crippen LogP contribution < -0.4 is 0 Å². The van der Waals surface area contributed by atoms with Gasteiger partial charge in [-0.3, -0.25) is 19.4 Å². The number of rotatable bonds is 8. The summed E-state index contributed by atoms with van der Waals surface area (Å²) in [5.41, 5.74) is -0.580. The van der Waals surface area contributed by atoms with Crippen molar-refractivity contribution in [1.82, 2.24) is 20.0 Å². The van der Waals surface area contributed by atoms with Gasteiger partial charge < -0.3 is 18.9 Å². The summed E-state index contributed by atoms with van der Waals surface area (Å²) in [7, 11) is 0. The summed E-state index contributed by atoms with van der Waals surface area (Å²) in [6.07, 6.45) is 1.01. The normalized spacial score (nSPS) is 22.4. The van der Waals surface area contributed by atoms with Gasteiger partial charge in [0.15, 0.2) is 23.8 Å². The van der Waals surface area contributed by atoms with E-state index in [9.17, 15) is 23.2 Å². The van der Waals surface area contributed by atoms with Crippen LogP contribution in [0.3, 0.4) is 0 Å². The molecule has 0 N–H and O–H groups in total. The fourth-order valence-corrected chi connectivity index (χ4v) is 5.45. The van der Waals surface area contributed by atoms with Crippen molar-refractivity contribution in [2.75, 3.05) is 6.61 Å². The molecule has 1 aliphatic heterocycles. The zero-order valence-corrected chi connectivity index (χ0v) is 22.9. The number of aromatic nitrogens is 4. The summed E-state index contributed by atoms with van der Waals surface area (Å²) >= 11 is 7.21. The van der Waals surface area contributed by atoms with E-state index in [0.717, 1.165) is 23.9 Å². The molecule has 0 aliphatic carbocycles. The van der Waals surface area contributed by atoms with Crippen molar-refractivity contribution in [3.63, 3.8) is 0 Å². The number of carbonyl (C=O) groups is 3. The number of hydrogen-bond donors (Lipinski definition) is 0. The number of pyridine rings is 1. The standard InChI is InChI=1S/C25H23ClF2N4O7S/c1-12(33)36-11-21-23(37-13(2)34)22(32-10-20(30-31-32)15-4-5-18(27)19(28)6-15)24(38-14(3)35)25(39-21)40-17-7-16(26)8-29-9-17/h4-10,21-25H,11H2,1-3H3/t21-,22+,23+,24-,25-/m1/s1. The molecule has 0 saturated carbocycles. The average Bonchev–Trinajstić information content (AvgIpc) is 3.35. The van der Waals surface area contributed by atoms with Gasteiger partial charge in [0.1, 0.15) is 29.9 Å². The molecule has 40 heavy (non-hydrogen) atoms. The van der Waals surface area contributed by atoms with Crippen LogP contribution in [0.25, 0.3) is 11.3 Å². The van der Waals surface area contributed by atoms with Crippen LogP contribution in [-0.4, -0.2) is 68.2 Å². The zero-order valence-electron chi connectivity index (χ0n) is 21.3. The van der Waals surface area contributed by atoms with Gasteiger partial charge in [-0.1, -0.05) is 28.6 Å². The largest absolute Gasteiger partial charge is 0.463 e. The minimum Gasteiger partial charge on any atom is -0.463 e. The lowest BCUT2D eigenvalue weighted by atomic mass is 9.96. The summed E-state index contributed by atoms with van der Waals surface area (Å²) < 4.78 is 51.3. The van der Waals surface area contributed by atoms with E-state index >= 15 is 0 Å². The molecule has 0 amide bonds. The Morgan fingerprint density at radius 3 is 2.40 bits per heavy atom. The van der Waals surface area contributed by atoms with E-state index in [0.29, 0.717) is 9.92 Å². The van der Waals surface area contributed by atoms with Crippen LogP contribution in [0.15, 0.2) is 47.8 Å². The molecule has 15 heteroatoms. The predicted molar refractivity (Wildman–Crippen MR) is 136 cm³/mol. The molecule has 3 aromatic rings. The number of ether oxygens (including phenoxy) is 4. The molecule has 2 aromatic heterocycles. The van der Waals surface area contributed by atoms with Crippen molar-refractivity contribution in [3.05, 3.63) is 59.5 Å². The van der Waals surface area contributed by atoms with Crippen LogP contribution in [0.5, 0.6) is 0 Å². The first kappa shape index (κ1) is 29.4. The summed E-state index contributed by atoms with van der Waals surface area (Å²) in [6, 6.07) is 3.78. The first-order chi connectivity index (χ1) is 19.0. The molecule has 3 heterocycles. The Morgan fingerprint density at radius 2 is 1.75 bits per heavy atom. The Balaban J connectivity index is 1.80. The molecular formula is C25H23ClF2N4O7S. The lowest BCUT2D eigenvalue weighted by molar-refractivity contribution is -0.212. The van der Waals surface area contributed by atoms with Crippen molar-refractivity contribution in [2.45, 2.75) is 55.5 Å². The minimum absolute atomic E-state index is 0.160. The maximum absolute atomic E-state index is 13.9. The summed E-state index contributed by atoms with van der Waals surface area (Å²) in [5.74, 6) is -4.09. The number of thioether (sulfide) groups is 1. The van der Waals surface area contributed by atoms with Crippen LogP contribution >= 0.6 is 23.4 Å². The van der Waals surface area contributed by atoms with Gasteiger partial charge >= 0.3 is 17.9 Å². The van der Waals surface area contributed by atoms with Crippen LogP contribution in [0.1, 0.15) is 26.8 Å². The first-order valence-electron chi connectivity index (χ1n) is 11.8. The number of esters is 3. The van der Waals surface area contributed by atoms with E-state index < -0.39 is 59.3 Å². The Bertz CT molecular complexity index is 1410. The van der Waals surface area contributed by atoms with Crippen molar-refractivity contribution < 1.29 is 42.1 Å². The molecule has 5 atom stereocenters. The minimum atomic E-state index is -1.19. The summed E-state index contributed by atoms with van der Waals surface area (Å²) in [5, 5.41) is 8.54. The zero-order chi connectivity index (χ0) is 29.0. The predicted octanol–water partition coefficient (Wildman–Crippen LogP) is 3.76. The third kappa shape index (κ3) is 7.11. The van der Waals surface area contributed by atoms with Crippen LogP contribution in [0.4, 0.5) is 8.78 Å². The van der Waals surface area contributed by atoms with E-state index in [-0.39, 0.29) is 17.9 Å². The molecule has 4 rings (SSSR count). The second-order valence-electron chi connectivity index (χ2n) is 8.65. The lowest BCUT2D eigenvalue weighted by Gasteiger charge is -2.44. The van der Waals surface area contributed by atoms with E-state index in [1.165, 1.54) is 50.1 Å². The van der Waals surface area contributed by atoms with Gasteiger partial charge in [0.25, 0.3) is 0 Å². The summed E-state index contributed by atoms with van der Waals surface area (Å²) in [4.78, 5) is 40.7. The number of benzene rings is 1. The van der Waals surface area contributed by atoms with Gasteiger partial charge in [-0.15, -0.1) is 5.10 Å². The molecule has 0 bridgehead atoms. The molecule has 1 saturated heterocycles. The van der Waals surface area contributed by atoms with Crippen LogP contribution in [0, 0.1) is 11.6 Å². The Hall–Kier alpha value is -3.62. The Labute approximate surface area is 236 Å². The van der Waals surface area contributed by atoms with Gasteiger partial charge in [-0.05, 0) is 24.3 Å². The second kappa shape index (κ2) is 12.7. The van der Waals surface area contributed by atoms with Gasteiger partial charge in [0, 0.05) is 43.6 Å². The fourth-order valence-electron chi connectivity index (χ4n) is 4.08. The Morgan fingerprint density at radius 1 is 1.02 bits per heavy atom. The van der Waals surface area contributed by atoms with Crippen molar-refractivity contribution in [1.29, 1.82) is 0 Å². The van der Waals surface area contributed by atoms with Crippen molar-refractivity contribution in [3.8, 4) is 11.3 Å². The number of halogens is 3. The van der Waals surface area contributed by atoms with E-state index in [2.05, 4.69) is 15.3 Å². The highest BCUT2D eigenvalue weighted by Gasteiger charge is 2.52. The smallest absolute Gasteiger partial charge is 0.303 e. The molecule has 0 spiro atoms. The highest BCUT2D eigenvalue weighted by atomic mass is 35.5. The molecule has 1 aromatic carbocycles. The molecule has 0 radical (unpaired) electrons. The molecular weight excluding hydrogens is 574 g/mol. The van der Waals surface area contributed by atoms with E-state index in [1.54, 1.807) is 6.07 Å². The van der Waals surface area contributed by atoms with Gasteiger partial charge in [-0.25, -0.2) is 13.5 Å². The Kier molecular flexibility index (Phi) is 9.32. The quantitative estimate of drug-likeness (QED) is 0.278. The number of carbonyl (C=O) groups excluding carboxylic acids is 3. The second-order valence-corrected chi connectivity index (χ2v) is 10.3. The molecule has 0 unspecified atom stereocenters. The topological polar surface area (TPSA) is 132 Å². The van der Waals surface area contributed by atoms with Crippen molar-refractivity contribution >= 4 is 41.3 Å². The van der Waals surface area contributed by atoms with E-state index in [4.69, 9.17) is 30.5 Å². The number of nitrogens with zero attached hydrogens (tertiary/aromatic N) is 4. The van der Waals surface area contributed by atoms with Gasteiger partial charge in [0.05, 0.1) is 11.2 Å². The van der Waals surface area contributed by atoms with Gasteiger partial charge in [0.2, 0.25) is 0 Å². The summed E-state index contributed by atoms with van der Waals surface area (Å²) in [6.45, 7) is 3.26. The monoisotopic (exact) mass is 596 g/mol. The maximum Gasteiger partial charge on any atom is 0.303 e. The SMILES string of the molecule is CC(=O)OC[C@H]1O[C@H](Sc2cncc(Cl)c2)[C@H](OC(C)=O)[C@@H](n2cc(-c3ccc(F)c(F)c3)nn2)[C@H]1OC(C)=O. The lowest BCUT2D eigenvalue weighted by Crippen LogP contribution is -2.57. The highest BCUT2D eigenvalue weighted by Crippen LogP contribution is 2.41. The number of hydrogen-bond acceptors (Lipinski definition) is 11.